The summed E-state index contributed by atoms with van der Waals surface area (Å²) in [6, 6.07) is 15.9. The topological polar surface area (TPSA) is 38.3 Å². The predicted molar refractivity (Wildman–Crippen MR) is 90.8 cm³/mol. The van der Waals surface area contributed by atoms with Crippen molar-refractivity contribution in [2.24, 2.45) is 0 Å². The Kier molecular flexibility index (Phi) is 4.59. The van der Waals surface area contributed by atoms with Crippen LogP contribution in [-0.2, 0) is 11.2 Å². The number of rotatable bonds is 4. The Morgan fingerprint density at radius 3 is 2.82 bits per heavy atom. The Bertz CT molecular complexity index is 710. The van der Waals surface area contributed by atoms with Crippen molar-refractivity contribution in [1.82, 2.24) is 5.32 Å². The van der Waals surface area contributed by atoms with Gasteiger partial charge in [0.25, 0.3) is 5.91 Å². The number of amides is 1. The lowest BCUT2D eigenvalue weighted by atomic mass is 10.1. The first kappa shape index (κ1) is 14.9. The molecule has 0 radical (unpaired) electrons. The highest BCUT2D eigenvalue weighted by Gasteiger charge is 2.17. The highest BCUT2D eigenvalue weighted by molar-refractivity contribution is 9.10. The second-order valence-electron chi connectivity index (χ2n) is 5.13. The van der Waals surface area contributed by atoms with Crippen LogP contribution in [0.15, 0.2) is 58.6 Å². The number of halogens is 1. The van der Waals surface area contributed by atoms with Crippen LogP contribution in [-0.4, -0.2) is 19.1 Å². The van der Waals surface area contributed by atoms with Crippen LogP contribution in [0.1, 0.15) is 11.1 Å². The van der Waals surface area contributed by atoms with Crippen molar-refractivity contribution in [3.05, 3.63) is 69.7 Å². The molecule has 0 atom stereocenters. The SMILES string of the molecule is O=C(NCCc1ccccc1)C1=Cc2cc(Br)ccc2OC1. The summed E-state index contributed by atoms with van der Waals surface area (Å²) in [5.41, 5.74) is 2.79. The maximum absolute atomic E-state index is 12.2. The third-order valence-electron chi connectivity index (χ3n) is 3.52. The zero-order chi connectivity index (χ0) is 15.4. The van der Waals surface area contributed by atoms with E-state index in [9.17, 15) is 4.79 Å². The van der Waals surface area contributed by atoms with E-state index in [1.807, 2.05) is 42.5 Å². The summed E-state index contributed by atoms with van der Waals surface area (Å²) >= 11 is 3.43. The summed E-state index contributed by atoms with van der Waals surface area (Å²) in [4.78, 5) is 12.2. The smallest absolute Gasteiger partial charge is 0.250 e. The first-order valence-electron chi connectivity index (χ1n) is 7.17. The number of nitrogens with one attached hydrogen (secondary N) is 1. The minimum absolute atomic E-state index is 0.0680. The summed E-state index contributed by atoms with van der Waals surface area (Å²) in [5, 5.41) is 2.95. The van der Waals surface area contributed by atoms with Crippen LogP contribution in [0.2, 0.25) is 0 Å². The summed E-state index contributed by atoms with van der Waals surface area (Å²) in [6.45, 7) is 0.928. The number of carbonyl (C=O) groups is 1. The molecule has 2 aromatic rings. The molecule has 0 aromatic heterocycles. The van der Waals surface area contributed by atoms with Crippen LogP contribution in [0.4, 0.5) is 0 Å². The van der Waals surface area contributed by atoms with E-state index in [1.165, 1.54) is 5.56 Å². The third-order valence-corrected chi connectivity index (χ3v) is 4.01. The Morgan fingerprint density at radius 1 is 1.18 bits per heavy atom. The van der Waals surface area contributed by atoms with E-state index in [0.717, 1.165) is 22.2 Å². The summed E-state index contributed by atoms with van der Waals surface area (Å²) in [6.07, 6.45) is 2.71. The summed E-state index contributed by atoms with van der Waals surface area (Å²) in [5.74, 6) is 0.741. The van der Waals surface area contributed by atoms with Crippen molar-refractivity contribution in [2.45, 2.75) is 6.42 Å². The number of benzene rings is 2. The van der Waals surface area contributed by atoms with Gasteiger partial charge in [-0.25, -0.2) is 0 Å². The van der Waals surface area contributed by atoms with E-state index < -0.39 is 0 Å². The number of fused-ring (bicyclic) bond motifs is 1. The third kappa shape index (κ3) is 3.57. The molecule has 1 aliphatic heterocycles. The van der Waals surface area contributed by atoms with Gasteiger partial charge >= 0.3 is 0 Å². The van der Waals surface area contributed by atoms with Gasteiger partial charge in [0.05, 0.1) is 5.57 Å². The maximum atomic E-state index is 12.2. The first-order valence-corrected chi connectivity index (χ1v) is 7.97. The lowest BCUT2D eigenvalue weighted by molar-refractivity contribution is -0.117. The molecule has 0 aliphatic carbocycles. The quantitative estimate of drug-likeness (QED) is 0.907. The Labute approximate surface area is 138 Å². The van der Waals surface area contributed by atoms with Crippen molar-refractivity contribution in [3.8, 4) is 5.75 Å². The van der Waals surface area contributed by atoms with Gasteiger partial charge in [-0.1, -0.05) is 46.3 Å². The largest absolute Gasteiger partial charge is 0.488 e. The molecule has 3 nitrogen and oxygen atoms in total. The molecular weight excluding hydrogens is 342 g/mol. The molecule has 1 aliphatic rings. The molecule has 1 N–H and O–H groups in total. The predicted octanol–water partition coefficient (Wildman–Crippen LogP) is 3.58. The van der Waals surface area contributed by atoms with Crippen LogP contribution in [0.25, 0.3) is 6.08 Å². The molecule has 0 spiro atoms. The van der Waals surface area contributed by atoms with E-state index in [4.69, 9.17) is 4.74 Å². The maximum Gasteiger partial charge on any atom is 0.250 e. The van der Waals surface area contributed by atoms with Crippen molar-refractivity contribution >= 4 is 27.9 Å². The molecule has 2 aromatic carbocycles. The van der Waals surface area contributed by atoms with Gasteiger partial charge in [-0.05, 0) is 36.3 Å². The highest BCUT2D eigenvalue weighted by atomic mass is 79.9. The van der Waals surface area contributed by atoms with Gasteiger partial charge in [-0.2, -0.15) is 0 Å². The van der Waals surface area contributed by atoms with Gasteiger partial charge < -0.3 is 10.1 Å². The number of carbonyl (C=O) groups excluding carboxylic acids is 1. The van der Waals surface area contributed by atoms with Gasteiger partial charge in [-0.15, -0.1) is 0 Å². The molecule has 22 heavy (non-hydrogen) atoms. The molecule has 112 valence electrons. The molecular formula is C18H16BrNO2. The monoisotopic (exact) mass is 357 g/mol. The number of hydrogen-bond acceptors (Lipinski definition) is 2. The normalized spacial score (nSPS) is 12.9. The lowest BCUT2D eigenvalue weighted by Crippen LogP contribution is -2.30. The van der Waals surface area contributed by atoms with Crippen molar-refractivity contribution < 1.29 is 9.53 Å². The van der Waals surface area contributed by atoms with Crippen LogP contribution >= 0.6 is 15.9 Å². The molecule has 3 rings (SSSR count). The zero-order valence-electron chi connectivity index (χ0n) is 12.0. The number of hydrogen-bond donors (Lipinski definition) is 1. The molecule has 0 fully saturated rings. The minimum Gasteiger partial charge on any atom is -0.488 e. The fraction of sp³-hybridized carbons (Fsp3) is 0.167. The molecule has 1 heterocycles. The number of ether oxygens (including phenoxy) is 1. The van der Waals surface area contributed by atoms with Gasteiger partial charge in [-0.3, -0.25) is 4.79 Å². The Morgan fingerprint density at radius 2 is 2.00 bits per heavy atom. The van der Waals surface area contributed by atoms with Crippen LogP contribution in [0, 0.1) is 0 Å². The Hall–Kier alpha value is -2.07. The standard InChI is InChI=1S/C18H16BrNO2/c19-16-6-7-17-14(11-16)10-15(12-22-17)18(21)20-9-8-13-4-2-1-3-5-13/h1-7,10-11H,8-9,12H2,(H,20,21). The van der Waals surface area contributed by atoms with Gasteiger partial charge in [0.2, 0.25) is 0 Å². The Balaban J connectivity index is 1.61. The van der Waals surface area contributed by atoms with Crippen molar-refractivity contribution in [3.63, 3.8) is 0 Å². The van der Waals surface area contributed by atoms with Crippen LogP contribution < -0.4 is 10.1 Å². The highest BCUT2D eigenvalue weighted by Crippen LogP contribution is 2.29. The van der Waals surface area contributed by atoms with Crippen LogP contribution in [0.3, 0.4) is 0 Å². The fourth-order valence-corrected chi connectivity index (χ4v) is 2.74. The average molecular weight is 358 g/mol. The average Bonchev–Trinajstić information content (AvgIpc) is 2.55. The second-order valence-corrected chi connectivity index (χ2v) is 6.05. The van der Waals surface area contributed by atoms with Crippen molar-refractivity contribution in [2.75, 3.05) is 13.2 Å². The minimum atomic E-state index is -0.0680. The van der Waals surface area contributed by atoms with E-state index in [2.05, 4.69) is 33.4 Å². The second kappa shape index (κ2) is 6.79. The van der Waals surface area contributed by atoms with Gasteiger partial charge in [0.15, 0.2) is 0 Å². The van der Waals surface area contributed by atoms with Crippen LogP contribution in [0.5, 0.6) is 5.75 Å². The lowest BCUT2D eigenvalue weighted by Gasteiger charge is -2.17. The van der Waals surface area contributed by atoms with Gasteiger partial charge in [0.1, 0.15) is 12.4 Å². The molecule has 0 unspecified atom stereocenters. The molecule has 0 bridgehead atoms. The summed E-state index contributed by atoms with van der Waals surface area (Å²) in [7, 11) is 0. The van der Waals surface area contributed by atoms with E-state index in [1.54, 1.807) is 0 Å². The molecule has 4 heteroatoms. The summed E-state index contributed by atoms with van der Waals surface area (Å²) < 4.78 is 6.60. The fourth-order valence-electron chi connectivity index (χ4n) is 2.36. The van der Waals surface area contributed by atoms with E-state index in [0.29, 0.717) is 18.7 Å². The molecule has 0 saturated heterocycles. The molecule has 1 amide bonds. The first-order chi connectivity index (χ1) is 10.7. The van der Waals surface area contributed by atoms with Crippen molar-refractivity contribution in [1.29, 1.82) is 0 Å². The van der Waals surface area contributed by atoms with Gasteiger partial charge in [0, 0.05) is 16.6 Å². The zero-order valence-corrected chi connectivity index (χ0v) is 13.6. The van der Waals surface area contributed by atoms with E-state index >= 15 is 0 Å². The van der Waals surface area contributed by atoms with E-state index in [-0.39, 0.29) is 5.91 Å². The molecule has 0 saturated carbocycles.